The van der Waals surface area contributed by atoms with Gasteiger partial charge in [-0.05, 0) is 38.0 Å². The Morgan fingerprint density at radius 3 is 2.67 bits per heavy atom. The van der Waals surface area contributed by atoms with Crippen molar-refractivity contribution >= 4 is 5.69 Å². The van der Waals surface area contributed by atoms with Gasteiger partial charge in [0.25, 0.3) is 0 Å². The Balaban J connectivity index is 2.35. The van der Waals surface area contributed by atoms with Crippen molar-refractivity contribution in [2.45, 2.75) is 31.9 Å². The minimum atomic E-state index is -0.628. The SMILES string of the molecule is C[C@H](O)c1cc(F)ccc1N(C)C1CC1. The van der Waals surface area contributed by atoms with Crippen molar-refractivity contribution in [3.05, 3.63) is 29.6 Å². The van der Waals surface area contributed by atoms with E-state index in [1.807, 2.05) is 7.05 Å². The Morgan fingerprint density at radius 2 is 2.13 bits per heavy atom. The Labute approximate surface area is 89.3 Å². The van der Waals surface area contributed by atoms with Crippen molar-refractivity contribution in [1.82, 2.24) is 0 Å². The zero-order chi connectivity index (χ0) is 11.0. The molecule has 0 spiro atoms. The maximum Gasteiger partial charge on any atom is 0.123 e. The van der Waals surface area contributed by atoms with Gasteiger partial charge in [0, 0.05) is 24.3 Å². The first-order valence-corrected chi connectivity index (χ1v) is 5.30. The molecule has 3 heteroatoms. The lowest BCUT2D eigenvalue weighted by molar-refractivity contribution is 0.199. The molecule has 0 amide bonds. The van der Waals surface area contributed by atoms with Crippen molar-refractivity contribution in [3.63, 3.8) is 0 Å². The minimum Gasteiger partial charge on any atom is -0.389 e. The molecule has 1 aromatic rings. The number of aliphatic hydroxyl groups excluding tert-OH is 1. The summed E-state index contributed by atoms with van der Waals surface area (Å²) in [6.07, 6.45) is 1.75. The lowest BCUT2D eigenvalue weighted by Crippen LogP contribution is -2.21. The molecule has 0 aromatic heterocycles. The number of rotatable bonds is 3. The van der Waals surface area contributed by atoms with Gasteiger partial charge in [-0.1, -0.05) is 0 Å². The fourth-order valence-electron chi connectivity index (χ4n) is 1.84. The molecule has 1 saturated carbocycles. The van der Waals surface area contributed by atoms with Gasteiger partial charge in [0.15, 0.2) is 0 Å². The highest BCUT2D eigenvalue weighted by atomic mass is 19.1. The van der Waals surface area contributed by atoms with Gasteiger partial charge in [-0.15, -0.1) is 0 Å². The standard InChI is InChI=1S/C12H16FNO/c1-8(15)11-7-9(13)3-6-12(11)14(2)10-4-5-10/h3,6-8,10,15H,4-5H2,1-2H3/t8-/m0/s1. The fraction of sp³-hybridized carbons (Fsp3) is 0.500. The van der Waals surface area contributed by atoms with Crippen LogP contribution in [0.1, 0.15) is 31.4 Å². The number of halogens is 1. The van der Waals surface area contributed by atoms with Gasteiger partial charge in [0.1, 0.15) is 5.82 Å². The molecule has 82 valence electrons. The predicted molar refractivity (Wildman–Crippen MR) is 58.5 cm³/mol. The van der Waals surface area contributed by atoms with Crippen LogP contribution in [-0.4, -0.2) is 18.2 Å². The summed E-state index contributed by atoms with van der Waals surface area (Å²) in [6.45, 7) is 1.67. The molecule has 1 aliphatic rings. The summed E-state index contributed by atoms with van der Waals surface area (Å²) in [4.78, 5) is 2.13. The largest absolute Gasteiger partial charge is 0.389 e. The molecule has 1 N–H and O–H groups in total. The Morgan fingerprint density at radius 1 is 1.47 bits per heavy atom. The van der Waals surface area contributed by atoms with Crippen LogP contribution in [0.4, 0.5) is 10.1 Å². The van der Waals surface area contributed by atoms with E-state index in [0.29, 0.717) is 11.6 Å². The highest BCUT2D eigenvalue weighted by Crippen LogP contribution is 2.34. The Hall–Kier alpha value is -1.09. The minimum absolute atomic E-state index is 0.293. The van der Waals surface area contributed by atoms with Gasteiger partial charge in [0.05, 0.1) is 6.10 Å². The number of aliphatic hydroxyl groups is 1. The molecule has 1 fully saturated rings. The van der Waals surface area contributed by atoms with Crippen LogP contribution < -0.4 is 4.90 Å². The van der Waals surface area contributed by atoms with Crippen LogP contribution in [-0.2, 0) is 0 Å². The molecule has 15 heavy (non-hydrogen) atoms. The second kappa shape index (κ2) is 3.81. The summed E-state index contributed by atoms with van der Waals surface area (Å²) in [7, 11) is 2.00. The molecule has 0 heterocycles. The van der Waals surface area contributed by atoms with Crippen molar-refractivity contribution in [3.8, 4) is 0 Å². The lowest BCUT2D eigenvalue weighted by Gasteiger charge is -2.23. The topological polar surface area (TPSA) is 23.5 Å². The molecule has 0 aliphatic heterocycles. The van der Waals surface area contributed by atoms with Gasteiger partial charge in [-0.3, -0.25) is 0 Å². The van der Waals surface area contributed by atoms with Crippen molar-refractivity contribution < 1.29 is 9.50 Å². The van der Waals surface area contributed by atoms with Crippen molar-refractivity contribution in [1.29, 1.82) is 0 Å². The number of anilines is 1. The molecule has 0 bridgehead atoms. The van der Waals surface area contributed by atoms with E-state index >= 15 is 0 Å². The number of hydrogen-bond donors (Lipinski definition) is 1. The average molecular weight is 209 g/mol. The summed E-state index contributed by atoms with van der Waals surface area (Å²) in [5, 5.41) is 9.59. The normalized spacial score (nSPS) is 17.6. The van der Waals surface area contributed by atoms with Gasteiger partial charge >= 0.3 is 0 Å². The van der Waals surface area contributed by atoms with E-state index in [9.17, 15) is 9.50 Å². The third-order valence-corrected chi connectivity index (χ3v) is 2.91. The molecular weight excluding hydrogens is 193 g/mol. The quantitative estimate of drug-likeness (QED) is 0.826. The van der Waals surface area contributed by atoms with Crippen LogP contribution in [0.25, 0.3) is 0 Å². The first-order valence-electron chi connectivity index (χ1n) is 5.30. The number of hydrogen-bond acceptors (Lipinski definition) is 2. The van der Waals surface area contributed by atoms with Crippen LogP contribution in [0.15, 0.2) is 18.2 Å². The van der Waals surface area contributed by atoms with Crippen LogP contribution >= 0.6 is 0 Å². The number of benzene rings is 1. The van der Waals surface area contributed by atoms with E-state index in [1.54, 1.807) is 13.0 Å². The van der Waals surface area contributed by atoms with E-state index in [2.05, 4.69) is 4.90 Å². The first kappa shape index (κ1) is 10.4. The highest BCUT2D eigenvalue weighted by molar-refractivity contribution is 5.55. The van der Waals surface area contributed by atoms with Gasteiger partial charge < -0.3 is 10.0 Å². The zero-order valence-corrected chi connectivity index (χ0v) is 9.07. The predicted octanol–water partition coefficient (Wildman–Crippen LogP) is 2.48. The van der Waals surface area contributed by atoms with Gasteiger partial charge in [-0.2, -0.15) is 0 Å². The second-order valence-electron chi connectivity index (χ2n) is 4.22. The summed E-state index contributed by atoms with van der Waals surface area (Å²) in [6, 6.07) is 5.17. The molecular formula is C12H16FNO. The smallest absolute Gasteiger partial charge is 0.123 e. The lowest BCUT2D eigenvalue weighted by atomic mass is 10.1. The molecule has 2 rings (SSSR count). The molecule has 0 unspecified atom stereocenters. The number of nitrogens with zero attached hydrogens (tertiary/aromatic N) is 1. The first-order chi connectivity index (χ1) is 7.09. The molecule has 1 aliphatic carbocycles. The summed E-state index contributed by atoms with van der Waals surface area (Å²) < 4.78 is 13.1. The summed E-state index contributed by atoms with van der Waals surface area (Å²) >= 11 is 0. The average Bonchev–Trinajstić information content (AvgIpc) is 2.99. The monoisotopic (exact) mass is 209 g/mol. The molecule has 2 nitrogen and oxygen atoms in total. The van der Waals surface area contributed by atoms with Crippen LogP contribution in [0.5, 0.6) is 0 Å². The maximum absolute atomic E-state index is 13.1. The summed E-state index contributed by atoms with van der Waals surface area (Å²) in [5.74, 6) is -0.293. The third-order valence-electron chi connectivity index (χ3n) is 2.91. The van der Waals surface area contributed by atoms with Crippen LogP contribution in [0.3, 0.4) is 0 Å². The van der Waals surface area contributed by atoms with E-state index in [-0.39, 0.29) is 5.82 Å². The van der Waals surface area contributed by atoms with E-state index in [4.69, 9.17) is 0 Å². The van der Waals surface area contributed by atoms with E-state index in [0.717, 1.165) is 5.69 Å². The zero-order valence-electron chi connectivity index (χ0n) is 9.07. The molecule has 0 saturated heterocycles. The van der Waals surface area contributed by atoms with Gasteiger partial charge in [-0.25, -0.2) is 4.39 Å². The molecule has 1 atom stereocenters. The van der Waals surface area contributed by atoms with Crippen molar-refractivity contribution in [2.75, 3.05) is 11.9 Å². The van der Waals surface area contributed by atoms with Crippen molar-refractivity contribution in [2.24, 2.45) is 0 Å². The fourth-order valence-corrected chi connectivity index (χ4v) is 1.84. The van der Waals surface area contributed by atoms with Gasteiger partial charge in [0.2, 0.25) is 0 Å². The van der Waals surface area contributed by atoms with E-state index in [1.165, 1.54) is 25.0 Å². The van der Waals surface area contributed by atoms with E-state index < -0.39 is 6.10 Å². The highest BCUT2D eigenvalue weighted by Gasteiger charge is 2.28. The second-order valence-corrected chi connectivity index (χ2v) is 4.22. The Bertz CT molecular complexity index is 361. The maximum atomic E-state index is 13.1. The molecule has 1 aromatic carbocycles. The molecule has 0 radical (unpaired) electrons. The van der Waals surface area contributed by atoms with Crippen LogP contribution in [0, 0.1) is 5.82 Å². The third kappa shape index (κ3) is 2.12. The van der Waals surface area contributed by atoms with Crippen LogP contribution in [0.2, 0.25) is 0 Å². The Kier molecular flexibility index (Phi) is 2.65. The summed E-state index contributed by atoms with van der Waals surface area (Å²) in [5.41, 5.74) is 1.61.